The van der Waals surface area contributed by atoms with Crippen LogP contribution >= 0.6 is 11.3 Å². The highest BCUT2D eigenvalue weighted by Crippen LogP contribution is 2.15. The number of nitrogens with one attached hydrogen (secondary N) is 1. The number of ether oxygens (including phenoxy) is 1. The van der Waals surface area contributed by atoms with Crippen LogP contribution < -0.4 is 10.5 Å². The Morgan fingerprint density at radius 3 is 2.95 bits per heavy atom. The van der Waals surface area contributed by atoms with Crippen molar-refractivity contribution in [3.63, 3.8) is 0 Å². The average molecular weight is 307 g/mol. The van der Waals surface area contributed by atoms with Crippen LogP contribution in [-0.4, -0.2) is 38.3 Å². The molecular weight excluding hydrogens is 290 g/mol. The molecule has 1 rings (SSSR count). The van der Waals surface area contributed by atoms with Gasteiger partial charge in [0, 0.05) is 11.9 Å². The number of carbonyl (C=O) groups excluding carboxylic acids is 1. The topological polar surface area (TPSA) is 111 Å². The van der Waals surface area contributed by atoms with Gasteiger partial charge in [-0.15, -0.1) is 11.3 Å². The minimum Gasteiger partial charge on any atom is -0.466 e. The number of nitrogens with zero attached hydrogens (tertiary/aromatic N) is 1. The molecule has 9 heteroatoms. The van der Waals surface area contributed by atoms with Gasteiger partial charge in [-0.1, -0.05) is 0 Å². The number of anilines is 1. The van der Waals surface area contributed by atoms with E-state index in [1.807, 2.05) is 0 Å². The van der Waals surface area contributed by atoms with Crippen molar-refractivity contribution in [2.24, 2.45) is 5.14 Å². The highest BCUT2D eigenvalue weighted by molar-refractivity contribution is 7.89. The van der Waals surface area contributed by atoms with Crippen molar-refractivity contribution in [3.05, 3.63) is 11.1 Å². The maximum absolute atomic E-state index is 11.2. The zero-order chi connectivity index (χ0) is 14.3. The molecule has 0 radical (unpaired) electrons. The van der Waals surface area contributed by atoms with Crippen molar-refractivity contribution >= 4 is 32.5 Å². The van der Waals surface area contributed by atoms with Crippen molar-refractivity contribution in [1.82, 2.24) is 4.98 Å². The molecule has 1 heterocycles. The number of thiazole rings is 1. The first-order valence-corrected chi connectivity index (χ1v) is 8.34. The summed E-state index contributed by atoms with van der Waals surface area (Å²) < 4.78 is 26.2. The van der Waals surface area contributed by atoms with Gasteiger partial charge in [-0.2, -0.15) is 0 Å². The summed E-state index contributed by atoms with van der Waals surface area (Å²) >= 11 is 1.36. The second-order valence-electron chi connectivity index (χ2n) is 3.77. The van der Waals surface area contributed by atoms with E-state index in [0.717, 1.165) is 0 Å². The summed E-state index contributed by atoms with van der Waals surface area (Å²) in [5.74, 6) is -0.380. The number of esters is 1. The number of carbonyl (C=O) groups is 1. The summed E-state index contributed by atoms with van der Waals surface area (Å²) in [6.45, 7) is 2.56. The van der Waals surface area contributed by atoms with Crippen molar-refractivity contribution in [1.29, 1.82) is 0 Å². The minimum atomic E-state index is -3.41. The molecule has 0 aliphatic heterocycles. The van der Waals surface area contributed by atoms with Gasteiger partial charge in [0.2, 0.25) is 10.0 Å². The van der Waals surface area contributed by atoms with Crippen LogP contribution in [0.4, 0.5) is 5.13 Å². The zero-order valence-electron chi connectivity index (χ0n) is 10.6. The van der Waals surface area contributed by atoms with Gasteiger partial charge in [-0.3, -0.25) is 4.79 Å². The molecule has 0 aliphatic carbocycles. The maximum atomic E-state index is 11.2. The van der Waals surface area contributed by atoms with Crippen molar-refractivity contribution in [3.8, 4) is 0 Å². The normalized spacial score (nSPS) is 11.3. The van der Waals surface area contributed by atoms with Crippen LogP contribution in [0.3, 0.4) is 0 Å². The van der Waals surface area contributed by atoms with E-state index < -0.39 is 10.0 Å². The number of hydrogen-bond donors (Lipinski definition) is 2. The SMILES string of the molecule is CCOC(=O)Cc1csc(NCCCS(N)(=O)=O)n1. The highest BCUT2D eigenvalue weighted by Gasteiger charge is 2.08. The van der Waals surface area contributed by atoms with E-state index in [9.17, 15) is 13.2 Å². The summed E-state index contributed by atoms with van der Waals surface area (Å²) in [6, 6.07) is 0. The van der Waals surface area contributed by atoms with Gasteiger partial charge in [-0.25, -0.2) is 18.5 Å². The molecule has 3 N–H and O–H groups in total. The summed E-state index contributed by atoms with van der Waals surface area (Å²) in [5.41, 5.74) is 0.636. The second-order valence-corrected chi connectivity index (χ2v) is 6.37. The van der Waals surface area contributed by atoms with Gasteiger partial charge in [0.05, 0.1) is 24.5 Å². The molecule has 1 aromatic rings. The standard InChI is InChI=1S/C10H17N3O4S2/c1-2-17-9(14)6-8-7-18-10(13-8)12-4-3-5-19(11,15)16/h7H,2-6H2,1H3,(H,12,13)(H2,11,15,16). The van der Waals surface area contributed by atoms with E-state index in [0.29, 0.717) is 30.4 Å². The lowest BCUT2D eigenvalue weighted by atomic mass is 10.3. The molecule has 0 atom stereocenters. The second kappa shape index (κ2) is 7.41. The third kappa shape index (κ3) is 7.09. The summed E-state index contributed by atoms with van der Waals surface area (Å²) in [4.78, 5) is 15.4. The van der Waals surface area contributed by atoms with E-state index >= 15 is 0 Å². The van der Waals surface area contributed by atoms with E-state index in [-0.39, 0.29) is 18.1 Å². The van der Waals surface area contributed by atoms with Crippen molar-refractivity contribution < 1.29 is 17.9 Å². The molecule has 0 spiro atoms. The smallest absolute Gasteiger partial charge is 0.311 e. The molecule has 0 bridgehead atoms. The van der Waals surface area contributed by atoms with Gasteiger partial charge >= 0.3 is 5.97 Å². The Hall–Kier alpha value is -1.19. The van der Waals surface area contributed by atoms with Gasteiger partial charge in [0.15, 0.2) is 5.13 Å². The highest BCUT2D eigenvalue weighted by atomic mass is 32.2. The third-order valence-electron chi connectivity index (χ3n) is 2.06. The van der Waals surface area contributed by atoms with Crippen molar-refractivity contribution in [2.45, 2.75) is 19.8 Å². The summed E-state index contributed by atoms with van der Waals surface area (Å²) in [6.07, 6.45) is 0.550. The lowest BCUT2D eigenvalue weighted by Crippen LogP contribution is -2.18. The number of primary sulfonamides is 1. The predicted molar refractivity (Wildman–Crippen MR) is 73.5 cm³/mol. The van der Waals surface area contributed by atoms with Crippen LogP contribution in [0.2, 0.25) is 0 Å². The lowest BCUT2D eigenvalue weighted by Gasteiger charge is -2.01. The molecule has 0 aliphatic rings. The van der Waals surface area contributed by atoms with Gasteiger partial charge < -0.3 is 10.1 Å². The Bertz CT molecular complexity index is 513. The predicted octanol–water partition coefficient (Wildman–Crippen LogP) is 0.339. The van der Waals surface area contributed by atoms with E-state index in [4.69, 9.17) is 9.88 Å². The minimum absolute atomic E-state index is 0.0684. The molecule has 7 nitrogen and oxygen atoms in total. The summed E-state index contributed by atoms with van der Waals surface area (Å²) in [7, 11) is -3.41. The fourth-order valence-corrected chi connectivity index (χ4v) is 2.58. The Kier molecular flexibility index (Phi) is 6.19. The van der Waals surface area contributed by atoms with Gasteiger partial charge in [-0.05, 0) is 13.3 Å². The van der Waals surface area contributed by atoms with Crippen LogP contribution in [0.25, 0.3) is 0 Å². The fourth-order valence-electron chi connectivity index (χ4n) is 1.30. The maximum Gasteiger partial charge on any atom is 0.311 e. The zero-order valence-corrected chi connectivity index (χ0v) is 12.2. The molecule has 0 saturated heterocycles. The molecule has 0 aromatic carbocycles. The fraction of sp³-hybridized carbons (Fsp3) is 0.600. The first-order valence-electron chi connectivity index (χ1n) is 5.75. The van der Waals surface area contributed by atoms with E-state index in [1.54, 1.807) is 12.3 Å². The lowest BCUT2D eigenvalue weighted by molar-refractivity contribution is -0.142. The molecule has 0 fully saturated rings. The van der Waals surface area contributed by atoms with E-state index in [2.05, 4.69) is 10.3 Å². The monoisotopic (exact) mass is 307 g/mol. The summed E-state index contributed by atoms with van der Waals surface area (Å²) in [5, 5.41) is 10.3. The number of hydrogen-bond acceptors (Lipinski definition) is 7. The molecule has 19 heavy (non-hydrogen) atoms. The Labute approximate surface area is 116 Å². The number of rotatable bonds is 8. The Balaban J connectivity index is 2.32. The van der Waals surface area contributed by atoms with Crippen LogP contribution in [0.1, 0.15) is 19.0 Å². The third-order valence-corrected chi connectivity index (χ3v) is 3.77. The number of sulfonamides is 1. The number of aromatic nitrogens is 1. The largest absolute Gasteiger partial charge is 0.466 e. The van der Waals surface area contributed by atoms with Crippen LogP contribution in [0, 0.1) is 0 Å². The first kappa shape index (κ1) is 15.9. The molecular formula is C10H17N3O4S2. The van der Waals surface area contributed by atoms with Crippen LogP contribution in [0.5, 0.6) is 0 Å². The molecule has 0 amide bonds. The quantitative estimate of drug-likeness (QED) is 0.529. The van der Waals surface area contributed by atoms with Crippen LogP contribution in [0.15, 0.2) is 5.38 Å². The van der Waals surface area contributed by atoms with Gasteiger partial charge in [0.1, 0.15) is 0 Å². The van der Waals surface area contributed by atoms with Crippen LogP contribution in [-0.2, 0) is 26.0 Å². The average Bonchev–Trinajstić information content (AvgIpc) is 2.71. The first-order chi connectivity index (χ1) is 8.90. The molecule has 0 saturated carbocycles. The number of nitrogens with two attached hydrogens (primary N) is 1. The van der Waals surface area contributed by atoms with E-state index in [1.165, 1.54) is 11.3 Å². The molecule has 108 valence electrons. The van der Waals surface area contributed by atoms with Gasteiger partial charge in [0.25, 0.3) is 0 Å². The van der Waals surface area contributed by atoms with Crippen molar-refractivity contribution in [2.75, 3.05) is 24.2 Å². The molecule has 0 unspecified atom stereocenters. The molecule has 1 aromatic heterocycles. The Morgan fingerprint density at radius 1 is 1.58 bits per heavy atom. The Morgan fingerprint density at radius 2 is 2.32 bits per heavy atom.